The van der Waals surface area contributed by atoms with Crippen molar-refractivity contribution in [3.63, 3.8) is 0 Å². The zero-order valence-electron chi connectivity index (χ0n) is 15.4. The number of carbonyl (C=O) groups excluding carboxylic acids is 1. The van der Waals surface area contributed by atoms with E-state index in [4.69, 9.17) is 9.15 Å². The summed E-state index contributed by atoms with van der Waals surface area (Å²) in [6.07, 6.45) is 3.93. The molecule has 0 amide bonds. The fraction of sp³-hybridized carbons (Fsp3) is 0.556. The maximum absolute atomic E-state index is 12.7. The first-order valence-corrected chi connectivity index (χ1v) is 10.6. The smallest absolute Gasteiger partial charge is 0.420 e. The molecule has 3 rings (SSSR count). The molecule has 8 nitrogen and oxygen atoms in total. The molecule has 1 aromatic carbocycles. The molecule has 0 radical (unpaired) electrons. The molecule has 1 saturated carbocycles. The van der Waals surface area contributed by atoms with Crippen LogP contribution in [0.1, 0.15) is 39.5 Å². The molecule has 0 bridgehead atoms. The van der Waals surface area contributed by atoms with Crippen LogP contribution in [0.25, 0.3) is 11.1 Å². The number of nitrogens with one attached hydrogen (secondary N) is 1. The molecule has 9 heteroatoms. The molecule has 1 aliphatic carbocycles. The highest BCUT2D eigenvalue weighted by Gasteiger charge is 2.27. The number of carbonyl (C=O) groups is 1. The van der Waals surface area contributed by atoms with E-state index in [-0.39, 0.29) is 35.6 Å². The van der Waals surface area contributed by atoms with Crippen molar-refractivity contribution in [3.05, 3.63) is 28.7 Å². The van der Waals surface area contributed by atoms with Crippen LogP contribution >= 0.6 is 0 Å². The highest BCUT2D eigenvalue weighted by molar-refractivity contribution is 7.89. The number of rotatable bonds is 6. The van der Waals surface area contributed by atoms with Crippen molar-refractivity contribution in [2.24, 2.45) is 5.92 Å². The predicted octanol–water partition coefficient (Wildman–Crippen LogP) is 2.01. The van der Waals surface area contributed by atoms with Gasteiger partial charge < -0.3 is 9.15 Å². The summed E-state index contributed by atoms with van der Waals surface area (Å²) in [4.78, 5) is 23.7. The van der Waals surface area contributed by atoms with Gasteiger partial charge in [-0.25, -0.2) is 17.9 Å². The van der Waals surface area contributed by atoms with Crippen molar-refractivity contribution in [2.75, 3.05) is 6.61 Å². The van der Waals surface area contributed by atoms with E-state index in [2.05, 4.69) is 4.72 Å². The molecule has 0 spiro atoms. The third kappa shape index (κ3) is 4.24. The summed E-state index contributed by atoms with van der Waals surface area (Å²) in [5.74, 6) is -1.02. The van der Waals surface area contributed by atoms with Crippen LogP contribution in [0.15, 0.2) is 32.3 Å². The second-order valence-electron chi connectivity index (χ2n) is 6.88. The Morgan fingerprint density at radius 2 is 2.07 bits per heavy atom. The largest absolute Gasteiger partial charge is 0.465 e. The maximum Gasteiger partial charge on any atom is 0.420 e. The van der Waals surface area contributed by atoms with Crippen LogP contribution in [0.5, 0.6) is 0 Å². The van der Waals surface area contributed by atoms with Gasteiger partial charge in [-0.2, -0.15) is 0 Å². The second-order valence-corrected chi connectivity index (χ2v) is 8.59. The number of nitrogens with zero attached hydrogens (tertiary/aromatic N) is 1. The maximum atomic E-state index is 12.7. The van der Waals surface area contributed by atoms with Crippen LogP contribution in [-0.2, 0) is 26.1 Å². The molecule has 148 valence electrons. The summed E-state index contributed by atoms with van der Waals surface area (Å²) in [5.41, 5.74) is 0.460. The molecule has 27 heavy (non-hydrogen) atoms. The third-order valence-electron chi connectivity index (χ3n) is 4.96. The molecule has 1 heterocycles. The van der Waals surface area contributed by atoms with E-state index in [1.165, 1.54) is 18.2 Å². The van der Waals surface area contributed by atoms with Gasteiger partial charge in [0.15, 0.2) is 5.58 Å². The molecule has 1 aliphatic rings. The highest BCUT2D eigenvalue weighted by atomic mass is 32.2. The number of hydrogen-bond acceptors (Lipinski definition) is 6. The summed E-state index contributed by atoms with van der Waals surface area (Å²) < 4.78 is 39.3. The molecular weight excluding hydrogens is 372 g/mol. The molecule has 1 fully saturated rings. The Labute approximate surface area is 157 Å². The Balaban J connectivity index is 1.88. The Morgan fingerprint density at radius 1 is 1.33 bits per heavy atom. The van der Waals surface area contributed by atoms with E-state index < -0.39 is 21.7 Å². The number of ether oxygens (including phenoxy) is 1. The minimum Gasteiger partial charge on any atom is -0.465 e. The summed E-state index contributed by atoms with van der Waals surface area (Å²) in [5, 5.41) is 0. The third-order valence-corrected chi connectivity index (χ3v) is 6.45. The van der Waals surface area contributed by atoms with Crippen LogP contribution in [-0.4, -0.2) is 31.6 Å². The zero-order valence-corrected chi connectivity index (χ0v) is 16.3. The lowest BCUT2D eigenvalue weighted by atomic mass is 9.87. The van der Waals surface area contributed by atoms with Gasteiger partial charge in [-0.05, 0) is 37.8 Å². The average Bonchev–Trinajstić information content (AvgIpc) is 2.92. The molecule has 2 atom stereocenters. The van der Waals surface area contributed by atoms with Crippen LogP contribution in [0.2, 0.25) is 0 Å². The first-order valence-electron chi connectivity index (χ1n) is 9.13. The van der Waals surface area contributed by atoms with Crippen LogP contribution in [0, 0.1) is 5.92 Å². The first-order chi connectivity index (χ1) is 12.8. The highest BCUT2D eigenvalue weighted by Crippen LogP contribution is 2.26. The van der Waals surface area contributed by atoms with E-state index in [9.17, 15) is 18.0 Å². The summed E-state index contributed by atoms with van der Waals surface area (Å²) in [6, 6.07) is 4.10. The Hall–Kier alpha value is -2.13. The lowest BCUT2D eigenvalue weighted by molar-refractivity contribution is -0.143. The van der Waals surface area contributed by atoms with Crippen LogP contribution in [0.3, 0.4) is 0 Å². The number of aromatic nitrogens is 1. The number of hydrogen-bond donors (Lipinski definition) is 1. The Kier molecular flexibility index (Phi) is 5.71. The molecular formula is C18H24N2O6S. The number of sulfonamides is 1. The summed E-state index contributed by atoms with van der Waals surface area (Å²) in [6.45, 7) is 3.64. The van der Waals surface area contributed by atoms with Crippen molar-refractivity contribution >= 4 is 27.1 Å². The Bertz CT molecular complexity index is 991. The van der Waals surface area contributed by atoms with Crippen molar-refractivity contribution in [2.45, 2.75) is 57.0 Å². The lowest BCUT2D eigenvalue weighted by Gasteiger charge is -2.29. The van der Waals surface area contributed by atoms with E-state index >= 15 is 0 Å². The topological polar surface area (TPSA) is 108 Å². The number of benzene rings is 1. The first kappa shape index (κ1) is 19.6. The fourth-order valence-electron chi connectivity index (χ4n) is 3.46. The second kappa shape index (κ2) is 7.85. The molecule has 0 saturated heterocycles. The van der Waals surface area contributed by atoms with Crippen LogP contribution < -0.4 is 10.5 Å². The van der Waals surface area contributed by atoms with E-state index in [1.54, 1.807) is 6.92 Å². The van der Waals surface area contributed by atoms with Crippen molar-refractivity contribution in [1.29, 1.82) is 0 Å². The van der Waals surface area contributed by atoms with E-state index in [1.807, 2.05) is 6.92 Å². The molecule has 1 aromatic heterocycles. The Morgan fingerprint density at radius 3 is 2.78 bits per heavy atom. The van der Waals surface area contributed by atoms with Gasteiger partial charge in [0.05, 0.1) is 17.0 Å². The van der Waals surface area contributed by atoms with Gasteiger partial charge in [0.25, 0.3) is 0 Å². The lowest BCUT2D eigenvalue weighted by Crippen LogP contribution is -2.40. The van der Waals surface area contributed by atoms with Crippen molar-refractivity contribution < 1.29 is 22.4 Å². The van der Waals surface area contributed by atoms with Gasteiger partial charge in [-0.1, -0.05) is 19.8 Å². The molecule has 0 aliphatic heterocycles. The van der Waals surface area contributed by atoms with Gasteiger partial charge in [0.1, 0.15) is 6.54 Å². The van der Waals surface area contributed by atoms with Crippen molar-refractivity contribution in [1.82, 2.24) is 9.29 Å². The zero-order chi connectivity index (χ0) is 19.6. The molecule has 0 unspecified atom stereocenters. The number of oxazole rings is 1. The van der Waals surface area contributed by atoms with E-state index in [0.717, 1.165) is 30.3 Å². The van der Waals surface area contributed by atoms with E-state index in [0.29, 0.717) is 5.52 Å². The van der Waals surface area contributed by atoms with Gasteiger partial charge in [-0.15, -0.1) is 0 Å². The predicted molar refractivity (Wildman–Crippen MR) is 98.8 cm³/mol. The monoisotopic (exact) mass is 396 g/mol. The fourth-order valence-corrected chi connectivity index (χ4v) is 4.85. The van der Waals surface area contributed by atoms with Gasteiger partial charge in [0, 0.05) is 12.1 Å². The number of esters is 1. The minimum absolute atomic E-state index is 0.0322. The van der Waals surface area contributed by atoms with Gasteiger partial charge in [-0.3, -0.25) is 9.36 Å². The number of fused-ring (bicyclic) bond motifs is 1. The summed E-state index contributed by atoms with van der Waals surface area (Å²) >= 11 is 0. The SMILES string of the molecule is CCOC(=O)Cn1c(=O)oc2cc(S(=O)(=O)N[C@H]3CCCC[C@@H]3C)ccc21. The molecule has 1 N–H and O–H groups in total. The summed E-state index contributed by atoms with van der Waals surface area (Å²) in [7, 11) is -3.73. The minimum atomic E-state index is -3.73. The normalized spacial score (nSPS) is 20.7. The van der Waals surface area contributed by atoms with Crippen LogP contribution in [0.4, 0.5) is 0 Å². The van der Waals surface area contributed by atoms with Crippen molar-refractivity contribution in [3.8, 4) is 0 Å². The quantitative estimate of drug-likeness (QED) is 0.749. The van der Waals surface area contributed by atoms with Gasteiger partial charge in [0.2, 0.25) is 10.0 Å². The molecule has 2 aromatic rings. The van der Waals surface area contributed by atoms with Gasteiger partial charge >= 0.3 is 11.7 Å². The average molecular weight is 396 g/mol. The standard InChI is InChI=1S/C18H24N2O6S/c1-3-25-17(21)11-20-15-9-8-13(10-16(15)26-18(20)22)27(23,24)19-14-7-5-4-6-12(14)2/h8-10,12,14,19H,3-7,11H2,1-2H3/t12-,14-/m0/s1.